The second kappa shape index (κ2) is 5.87. The van der Waals surface area contributed by atoms with Crippen LogP contribution in [0.5, 0.6) is 0 Å². The summed E-state index contributed by atoms with van der Waals surface area (Å²) in [4.78, 5) is 26.5. The highest BCUT2D eigenvalue weighted by molar-refractivity contribution is 5.84. The number of fused-ring (bicyclic) bond motifs is 1. The molecule has 0 aromatic heterocycles. The summed E-state index contributed by atoms with van der Waals surface area (Å²) in [6, 6.07) is 0.185. The van der Waals surface area contributed by atoms with E-state index in [9.17, 15) is 9.59 Å². The highest BCUT2D eigenvalue weighted by atomic mass is 16.2. The molecule has 1 saturated heterocycles. The van der Waals surface area contributed by atoms with E-state index in [1.54, 1.807) is 6.92 Å². The number of nitrogens with zero attached hydrogens (tertiary/aromatic N) is 1. The SMILES string of the molecule is CC(=O)CC1CCCCCN1C(=O)C1C2CCCCC21. The number of hydrogen-bond acceptors (Lipinski definition) is 2. The van der Waals surface area contributed by atoms with E-state index in [0.717, 1.165) is 19.4 Å². The van der Waals surface area contributed by atoms with E-state index in [2.05, 4.69) is 4.90 Å². The Kier molecular flexibility index (Phi) is 4.13. The number of carbonyl (C=O) groups is 2. The molecule has 3 fully saturated rings. The van der Waals surface area contributed by atoms with Gasteiger partial charge in [0.2, 0.25) is 5.91 Å². The standard InChI is InChI=1S/C17H27NO2/c1-12(19)11-13-7-3-2-6-10-18(13)17(20)16-14-8-4-5-9-15(14)16/h13-16H,2-11H2,1H3. The van der Waals surface area contributed by atoms with Gasteiger partial charge in [-0.25, -0.2) is 0 Å². The third kappa shape index (κ3) is 2.77. The summed E-state index contributed by atoms with van der Waals surface area (Å²) < 4.78 is 0. The van der Waals surface area contributed by atoms with Crippen molar-refractivity contribution in [2.24, 2.45) is 17.8 Å². The molecular formula is C17H27NO2. The van der Waals surface area contributed by atoms with Gasteiger partial charge in [0, 0.05) is 24.9 Å². The molecule has 3 rings (SSSR count). The van der Waals surface area contributed by atoms with Gasteiger partial charge < -0.3 is 4.90 Å². The normalized spacial score (nSPS) is 37.0. The molecule has 0 aromatic carbocycles. The Balaban J connectivity index is 1.68. The first-order valence-corrected chi connectivity index (χ1v) is 8.48. The van der Waals surface area contributed by atoms with Gasteiger partial charge in [-0.1, -0.05) is 25.7 Å². The van der Waals surface area contributed by atoms with Crippen molar-refractivity contribution in [3.63, 3.8) is 0 Å². The Bertz CT molecular complexity index is 380. The van der Waals surface area contributed by atoms with Crippen LogP contribution in [0.4, 0.5) is 0 Å². The van der Waals surface area contributed by atoms with Crippen LogP contribution in [0, 0.1) is 17.8 Å². The minimum absolute atomic E-state index is 0.185. The lowest BCUT2D eigenvalue weighted by atomic mass is 10.0. The molecule has 3 heteroatoms. The van der Waals surface area contributed by atoms with Crippen LogP contribution in [0.2, 0.25) is 0 Å². The summed E-state index contributed by atoms with van der Waals surface area (Å²) in [7, 11) is 0. The molecule has 20 heavy (non-hydrogen) atoms. The van der Waals surface area contributed by atoms with Crippen LogP contribution in [0.1, 0.15) is 64.7 Å². The first-order valence-electron chi connectivity index (χ1n) is 8.48. The van der Waals surface area contributed by atoms with Crippen molar-refractivity contribution in [1.82, 2.24) is 4.90 Å². The number of amides is 1. The van der Waals surface area contributed by atoms with Crippen LogP contribution in [0.25, 0.3) is 0 Å². The van der Waals surface area contributed by atoms with Crippen LogP contribution in [0.3, 0.4) is 0 Å². The summed E-state index contributed by atoms with van der Waals surface area (Å²) in [5.41, 5.74) is 0. The van der Waals surface area contributed by atoms with E-state index < -0.39 is 0 Å². The van der Waals surface area contributed by atoms with Gasteiger partial charge in [0.05, 0.1) is 0 Å². The van der Waals surface area contributed by atoms with Gasteiger partial charge in [-0.05, 0) is 44.4 Å². The molecule has 1 heterocycles. The fraction of sp³-hybridized carbons (Fsp3) is 0.882. The monoisotopic (exact) mass is 277 g/mol. The van der Waals surface area contributed by atoms with Gasteiger partial charge >= 0.3 is 0 Å². The number of Topliss-reactive ketones (excluding diaryl/α,β-unsaturated/α-hetero) is 1. The number of rotatable bonds is 3. The molecular weight excluding hydrogens is 250 g/mol. The molecule has 2 aliphatic carbocycles. The van der Waals surface area contributed by atoms with Gasteiger partial charge in [0.15, 0.2) is 0 Å². The molecule has 2 saturated carbocycles. The molecule has 3 nitrogen and oxygen atoms in total. The van der Waals surface area contributed by atoms with Crippen molar-refractivity contribution < 1.29 is 9.59 Å². The van der Waals surface area contributed by atoms with Crippen molar-refractivity contribution in [2.45, 2.75) is 70.8 Å². The lowest BCUT2D eigenvalue weighted by Gasteiger charge is -2.30. The first kappa shape index (κ1) is 14.1. The van der Waals surface area contributed by atoms with Crippen molar-refractivity contribution in [1.29, 1.82) is 0 Å². The maximum Gasteiger partial charge on any atom is 0.226 e. The molecule has 0 radical (unpaired) electrons. The molecule has 0 bridgehead atoms. The molecule has 0 aromatic rings. The minimum Gasteiger partial charge on any atom is -0.339 e. The van der Waals surface area contributed by atoms with Crippen molar-refractivity contribution in [2.75, 3.05) is 6.54 Å². The Morgan fingerprint density at radius 3 is 2.25 bits per heavy atom. The average Bonchev–Trinajstić information content (AvgIpc) is 3.17. The zero-order valence-electron chi connectivity index (χ0n) is 12.6. The summed E-state index contributed by atoms with van der Waals surface area (Å²) in [6.45, 7) is 2.54. The maximum atomic E-state index is 12.9. The second-order valence-electron chi connectivity index (χ2n) is 7.08. The maximum absolute atomic E-state index is 12.9. The second-order valence-corrected chi connectivity index (χ2v) is 7.08. The number of hydrogen-bond donors (Lipinski definition) is 0. The molecule has 3 aliphatic rings. The quantitative estimate of drug-likeness (QED) is 0.794. The van der Waals surface area contributed by atoms with Crippen molar-refractivity contribution in [3.05, 3.63) is 0 Å². The lowest BCUT2D eigenvalue weighted by molar-refractivity contribution is -0.136. The fourth-order valence-corrected chi connectivity index (χ4v) is 4.56. The highest BCUT2D eigenvalue weighted by Crippen LogP contribution is 2.56. The van der Waals surface area contributed by atoms with Gasteiger partial charge in [0.1, 0.15) is 5.78 Å². The number of likely N-dealkylation sites (tertiary alicyclic amines) is 1. The zero-order chi connectivity index (χ0) is 14.1. The molecule has 0 N–H and O–H groups in total. The third-order valence-corrected chi connectivity index (χ3v) is 5.62. The van der Waals surface area contributed by atoms with Gasteiger partial charge in [-0.3, -0.25) is 9.59 Å². The smallest absolute Gasteiger partial charge is 0.226 e. The predicted octanol–water partition coefficient (Wildman–Crippen LogP) is 3.17. The average molecular weight is 277 g/mol. The van der Waals surface area contributed by atoms with Crippen LogP contribution >= 0.6 is 0 Å². The van der Waals surface area contributed by atoms with Crippen molar-refractivity contribution >= 4 is 11.7 Å². The fourth-order valence-electron chi connectivity index (χ4n) is 4.56. The molecule has 3 unspecified atom stereocenters. The Morgan fingerprint density at radius 1 is 0.950 bits per heavy atom. The van der Waals surface area contributed by atoms with E-state index >= 15 is 0 Å². The molecule has 1 aliphatic heterocycles. The molecule has 1 amide bonds. The van der Waals surface area contributed by atoms with Gasteiger partial charge in [-0.15, -0.1) is 0 Å². The Hall–Kier alpha value is -0.860. The highest BCUT2D eigenvalue weighted by Gasteiger charge is 2.56. The molecule has 0 spiro atoms. The van der Waals surface area contributed by atoms with Gasteiger partial charge in [0.25, 0.3) is 0 Å². The van der Waals surface area contributed by atoms with E-state index in [1.165, 1.54) is 38.5 Å². The van der Waals surface area contributed by atoms with Crippen LogP contribution in [-0.4, -0.2) is 29.2 Å². The van der Waals surface area contributed by atoms with E-state index in [-0.39, 0.29) is 11.8 Å². The largest absolute Gasteiger partial charge is 0.339 e. The lowest BCUT2D eigenvalue weighted by Crippen LogP contribution is -2.42. The first-order chi connectivity index (χ1) is 9.68. The Labute approximate surface area is 122 Å². The third-order valence-electron chi connectivity index (χ3n) is 5.62. The number of ketones is 1. The summed E-state index contributed by atoms with van der Waals surface area (Å²) >= 11 is 0. The predicted molar refractivity (Wildman–Crippen MR) is 78.2 cm³/mol. The van der Waals surface area contributed by atoms with E-state index in [4.69, 9.17) is 0 Å². The summed E-state index contributed by atoms with van der Waals surface area (Å²) in [6.07, 6.45) is 10.2. The van der Waals surface area contributed by atoms with Crippen LogP contribution in [-0.2, 0) is 9.59 Å². The zero-order valence-corrected chi connectivity index (χ0v) is 12.6. The molecule has 3 atom stereocenters. The Morgan fingerprint density at radius 2 is 1.60 bits per heavy atom. The molecule has 112 valence electrons. The minimum atomic E-state index is 0.185. The van der Waals surface area contributed by atoms with Crippen LogP contribution in [0.15, 0.2) is 0 Å². The van der Waals surface area contributed by atoms with Crippen molar-refractivity contribution in [3.8, 4) is 0 Å². The number of carbonyl (C=O) groups excluding carboxylic acids is 2. The van der Waals surface area contributed by atoms with E-state index in [1.807, 2.05) is 0 Å². The van der Waals surface area contributed by atoms with Crippen LogP contribution < -0.4 is 0 Å². The van der Waals surface area contributed by atoms with Gasteiger partial charge in [-0.2, -0.15) is 0 Å². The summed E-state index contributed by atoms with van der Waals surface area (Å²) in [5, 5.41) is 0. The van der Waals surface area contributed by atoms with E-state index in [0.29, 0.717) is 30.1 Å². The summed E-state index contributed by atoms with van der Waals surface area (Å²) in [5.74, 6) is 2.28. The topological polar surface area (TPSA) is 37.4 Å².